The number of para-hydroxylation sites is 1. The molecule has 0 atom stereocenters. The molecular weight excluding hydrogens is 354 g/mol. The van der Waals surface area contributed by atoms with Gasteiger partial charge in [0.2, 0.25) is 0 Å². The predicted molar refractivity (Wildman–Crippen MR) is 115 cm³/mol. The molecular formula is C21H23N5S. The van der Waals surface area contributed by atoms with Crippen LogP contribution in [0.15, 0.2) is 72.0 Å². The van der Waals surface area contributed by atoms with Gasteiger partial charge >= 0.3 is 0 Å². The summed E-state index contributed by atoms with van der Waals surface area (Å²) in [5, 5.41) is 12.7. The Morgan fingerprint density at radius 3 is 2.52 bits per heavy atom. The fourth-order valence-electron chi connectivity index (χ4n) is 2.59. The molecule has 0 radical (unpaired) electrons. The number of hydrogen-bond acceptors (Lipinski definition) is 3. The van der Waals surface area contributed by atoms with Crippen molar-refractivity contribution in [3.05, 3.63) is 72.4 Å². The SMILES string of the molecule is CCCCNC(=S)NN=Cc1cn(-c2ccccc2)nc1-c1ccccc1. The van der Waals surface area contributed by atoms with Crippen molar-refractivity contribution in [2.75, 3.05) is 6.54 Å². The van der Waals surface area contributed by atoms with Crippen LogP contribution >= 0.6 is 12.2 Å². The van der Waals surface area contributed by atoms with Crippen LogP contribution in [0.2, 0.25) is 0 Å². The van der Waals surface area contributed by atoms with E-state index < -0.39 is 0 Å². The summed E-state index contributed by atoms with van der Waals surface area (Å²) in [7, 11) is 0. The molecule has 0 aliphatic heterocycles. The van der Waals surface area contributed by atoms with Gasteiger partial charge in [0.15, 0.2) is 5.11 Å². The van der Waals surface area contributed by atoms with Crippen LogP contribution in [-0.4, -0.2) is 27.7 Å². The van der Waals surface area contributed by atoms with Gasteiger partial charge in [-0.3, -0.25) is 5.43 Å². The summed E-state index contributed by atoms with van der Waals surface area (Å²) >= 11 is 5.23. The van der Waals surface area contributed by atoms with Crippen LogP contribution in [0.25, 0.3) is 16.9 Å². The number of benzene rings is 2. The molecule has 3 rings (SSSR count). The van der Waals surface area contributed by atoms with E-state index in [1.54, 1.807) is 6.21 Å². The Kier molecular flexibility index (Phi) is 6.71. The molecule has 0 unspecified atom stereocenters. The highest BCUT2D eigenvalue weighted by molar-refractivity contribution is 7.80. The van der Waals surface area contributed by atoms with E-state index in [0.29, 0.717) is 5.11 Å². The molecule has 27 heavy (non-hydrogen) atoms. The van der Waals surface area contributed by atoms with Gasteiger partial charge in [0.1, 0.15) is 5.69 Å². The molecule has 1 heterocycles. The summed E-state index contributed by atoms with van der Waals surface area (Å²) < 4.78 is 1.86. The van der Waals surface area contributed by atoms with E-state index in [1.807, 2.05) is 71.5 Å². The molecule has 138 valence electrons. The van der Waals surface area contributed by atoms with E-state index in [4.69, 9.17) is 17.3 Å². The van der Waals surface area contributed by atoms with E-state index in [1.165, 1.54) is 0 Å². The average molecular weight is 378 g/mol. The standard InChI is InChI=1S/C21H23N5S/c1-2-3-14-22-21(27)24-23-15-18-16-26(19-12-8-5-9-13-19)25-20(18)17-10-6-4-7-11-17/h4-13,15-16H,2-3,14H2,1H3,(H2,22,24,27). The van der Waals surface area contributed by atoms with Gasteiger partial charge in [-0.25, -0.2) is 4.68 Å². The lowest BCUT2D eigenvalue weighted by molar-refractivity contribution is 0.745. The van der Waals surface area contributed by atoms with E-state index in [9.17, 15) is 0 Å². The second kappa shape index (κ2) is 9.64. The zero-order valence-electron chi connectivity index (χ0n) is 15.3. The van der Waals surface area contributed by atoms with Gasteiger partial charge in [0.05, 0.1) is 11.9 Å². The zero-order valence-corrected chi connectivity index (χ0v) is 16.1. The van der Waals surface area contributed by atoms with Crippen molar-refractivity contribution in [2.24, 2.45) is 5.10 Å². The Morgan fingerprint density at radius 1 is 1.11 bits per heavy atom. The Hall–Kier alpha value is -2.99. The third kappa shape index (κ3) is 5.24. The summed E-state index contributed by atoms with van der Waals surface area (Å²) in [6, 6.07) is 20.1. The van der Waals surface area contributed by atoms with Crippen LogP contribution in [-0.2, 0) is 0 Å². The summed E-state index contributed by atoms with van der Waals surface area (Å²) in [4.78, 5) is 0. The number of hydrazone groups is 1. The van der Waals surface area contributed by atoms with Gasteiger partial charge in [-0.2, -0.15) is 10.2 Å². The monoisotopic (exact) mass is 377 g/mol. The third-order valence-electron chi connectivity index (χ3n) is 4.00. The van der Waals surface area contributed by atoms with E-state index in [-0.39, 0.29) is 0 Å². The van der Waals surface area contributed by atoms with Crippen LogP contribution in [0.5, 0.6) is 0 Å². The van der Waals surface area contributed by atoms with E-state index in [0.717, 1.165) is 41.9 Å². The fourth-order valence-corrected chi connectivity index (χ4v) is 2.75. The van der Waals surface area contributed by atoms with Crippen LogP contribution in [0.3, 0.4) is 0 Å². The van der Waals surface area contributed by atoms with Crippen molar-refractivity contribution in [2.45, 2.75) is 19.8 Å². The summed E-state index contributed by atoms with van der Waals surface area (Å²) in [5.74, 6) is 0. The minimum atomic E-state index is 0.524. The maximum atomic E-state index is 5.23. The summed E-state index contributed by atoms with van der Waals surface area (Å²) in [6.45, 7) is 2.99. The van der Waals surface area contributed by atoms with Crippen molar-refractivity contribution in [3.8, 4) is 16.9 Å². The number of nitrogens with zero attached hydrogens (tertiary/aromatic N) is 3. The van der Waals surface area contributed by atoms with E-state index in [2.05, 4.69) is 22.8 Å². The first-order valence-corrected chi connectivity index (χ1v) is 9.46. The molecule has 0 aliphatic rings. The molecule has 6 heteroatoms. The largest absolute Gasteiger partial charge is 0.361 e. The lowest BCUT2D eigenvalue weighted by Crippen LogP contribution is -2.32. The van der Waals surface area contributed by atoms with Gasteiger partial charge in [-0.05, 0) is 30.8 Å². The molecule has 5 nitrogen and oxygen atoms in total. The maximum Gasteiger partial charge on any atom is 0.186 e. The first-order valence-electron chi connectivity index (χ1n) is 9.05. The second-order valence-corrected chi connectivity index (χ2v) is 6.47. The minimum absolute atomic E-state index is 0.524. The van der Waals surface area contributed by atoms with Gasteiger partial charge < -0.3 is 5.32 Å². The van der Waals surface area contributed by atoms with Crippen LogP contribution in [0.4, 0.5) is 0 Å². The van der Waals surface area contributed by atoms with Crippen molar-refractivity contribution in [1.29, 1.82) is 0 Å². The predicted octanol–water partition coefficient (Wildman–Crippen LogP) is 4.14. The number of hydrogen-bond donors (Lipinski definition) is 2. The van der Waals surface area contributed by atoms with Gasteiger partial charge in [-0.1, -0.05) is 61.9 Å². The van der Waals surface area contributed by atoms with Crippen LogP contribution in [0, 0.1) is 0 Å². The summed E-state index contributed by atoms with van der Waals surface area (Å²) in [6.07, 6.45) is 5.92. The number of rotatable bonds is 7. The van der Waals surface area contributed by atoms with Crippen molar-refractivity contribution in [1.82, 2.24) is 20.5 Å². The second-order valence-electron chi connectivity index (χ2n) is 6.06. The molecule has 0 spiro atoms. The van der Waals surface area contributed by atoms with Gasteiger partial charge in [0.25, 0.3) is 0 Å². The van der Waals surface area contributed by atoms with Crippen molar-refractivity contribution >= 4 is 23.5 Å². The van der Waals surface area contributed by atoms with Gasteiger partial charge in [-0.15, -0.1) is 0 Å². The Labute approximate surface area is 165 Å². The number of thiocarbonyl (C=S) groups is 1. The topological polar surface area (TPSA) is 54.2 Å². The Morgan fingerprint density at radius 2 is 1.81 bits per heavy atom. The smallest absolute Gasteiger partial charge is 0.186 e. The molecule has 0 aliphatic carbocycles. The minimum Gasteiger partial charge on any atom is -0.361 e. The normalized spacial score (nSPS) is 10.9. The lowest BCUT2D eigenvalue weighted by atomic mass is 10.1. The van der Waals surface area contributed by atoms with Crippen molar-refractivity contribution < 1.29 is 0 Å². The Balaban J connectivity index is 1.81. The first kappa shape index (κ1) is 18.8. The fraction of sp³-hybridized carbons (Fsp3) is 0.190. The molecule has 2 N–H and O–H groups in total. The van der Waals surface area contributed by atoms with Crippen LogP contribution < -0.4 is 10.7 Å². The number of aromatic nitrogens is 2. The lowest BCUT2D eigenvalue weighted by Gasteiger charge is -2.05. The molecule has 0 fully saturated rings. The number of nitrogens with one attached hydrogen (secondary N) is 2. The summed E-state index contributed by atoms with van der Waals surface area (Å²) in [5.41, 5.74) is 6.69. The zero-order chi connectivity index (χ0) is 18.9. The maximum absolute atomic E-state index is 5.23. The molecule has 0 saturated heterocycles. The molecule has 0 saturated carbocycles. The quantitative estimate of drug-likeness (QED) is 0.281. The first-order chi connectivity index (χ1) is 13.3. The average Bonchev–Trinajstić information content (AvgIpc) is 3.14. The third-order valence-corrected chi connectivity index (χ3v) is 4.23. The molecule has 0 bridgehead atoms. The highest BCUT2D eigenvalue weighted by Gasteiger charge is 2.10. The molecule has 3 aromatic rings. The molecule has 1 aromatic heterocycles. The molecule has 0 amide bonds. The molecule has 2 aromatic carbocycles. The highest BCUT2D eigenvalue weighted by atomic mass is 32.1. The van der Waals surface area contributed by atoms with Crippen LogP contribution in [0.1, 0.15) is 25.3 Å². The highest BCUT2D eigenvalue weighted by Crippen LogP contribution is 2.22. The van der Waals surface area contributed by atoms with Crippen molar-refractivity contribution in [3.63, 3.8) is 0 Å². The number of unbranched alkanes of at least 4 members (excludes halogenated alkanes) is 1. The van der Waals surface area contributed by atoms with Gasteiger partial charge in [0, 0.05) is 23.9 Å². The Bertz CT molecular complexity index is 887. The van der Waals surface area contributed by atoms with E-state index >= 15 is 0 Å².